The largest absolute Gasteiger partial charge is 0.0622 e. The van der Waals surface area contributed by atoms with E-state index >= 15 is 0 Å². The molecule has 0 aliphatic rings. The molecule has 0 N–H and O–H groups in total. The van der Waals surface area contributed by atoms with Gasteiger partial charge in [0.2, 0.25) is 0 Å². The lowest BCUT2D eigenvalue weighted by atomic mass is 9.83. The van der Waals surface area contributed by atoms with E-state index in [-0.39, 0.29) is 0 Å². The molecule has 0 bridgehead atoms. The Morgan fingerprint density at radius 2 is 0.762 bits per heavy atom. The van der Waals surface area contributed by atoms with Gasteiger partial charge in [0.15, 0.2) is 0 Å². The van der Waals surface area contributed by atoms with E-state index in [1.54, 1.807) is 0 Å². The van der Waals surface area contributed by atoms with Crippen molar-refractivity contribution in [2.24, 2.45) is 0 Å². The smallest absolute Gasteiger partial charge is 0.00201 e. The molecule has 9 aromatic carbocycles. The fraction of sp³-hybridized carbons (Fsp3) is 0. The van der Waals surface area contributed by atoms with Crippen molar-refractivity contribution < 1.29 is 0 Å². The maximum absolute atomic E-state index is 2.35. The lowest BCUT2D eigenvalue weighted by Gasteiger charge is -2.20. The molecule has 0 heterocycles. The van der Waals surface area contributed by atoms with Crippen LogP contribution in [0.3, 0.4) is 0 Å². The third kappa shape index (κ3) is 3.36. The van der Waals surface area contributed by atoms with E-state index in [9.17, 15) is 0 Å². The number of fused-ring (bicyclic) bond motifs is 2. The van der Waals surface area contributed by atoms with Crippen molar-refractivity contribution in [3.63, 3.8) is 0 Å². The van der Waals surface area contributed by atoms with Crippen LogP contribution in [0, 0.1) is 0 Å². The summed E-state index contributed by atoms with van der Waals surface area (Å²) in [4.78, 5) is 0. The molecule has 0 amide bonds. The highest BCUT2D eigenvalue weighted by Crippen LogP contribution is 2.47. The van der Waals surface area contributed by atoms with Crippen molar-refractivity contribution in [1.82, 2.24) is 0 Å². The minimum absolute atomic E-state index is 1.23. The van der Waals surface area contributed by atoms with E-state index in [1.807, 2.05) is 0 Å². The van der Waals surface area contributed by atoms with Gasteiger partial charge in [0.25, 0.3) is 0 Å². The van der Waals surface area contributed by atoms with E-state index in [4.69, 9.17) is 0 Å². The van der Waals surface area contributed by atoms with Gasteiger partial charge in [0.05, 0.1) is 0 Å². The Kier molecular flexibility index (Phi) is 5.00. The van der Waals surface area contributed by atoms with E-state index in [2.05, 4.69) is 158 Å². The van der Waals surface area contributed by atoms with Gasteiger partial charge in [-0.05, 0) is 93.3 Å². The molecule has 9 aromatic rings. The molecule has 42 heavy (non-hydrogen) atoms. The molecule has 0 heteroatoms. The first-order chi connectivity index (χ1) is 20.8. The fourth-order valence-corrected chi connectivity index (χ4v) is 7.17. The lowest BCUT2D eigenvalue weighted by molar-refractivity contribution is 1.61. The Hall–Kier alpha value is -5.46. The highest BCUT2D eigenvalue weighted by Gasteiger charge is 2.19. The third-order valence-electron chi connectivity index (χ3n) is 8.99. The van der Waals surface area contributed by atoms with E-state index in [0.717, 1.165) is 0 Å². The summed E-state index contributed by atoms with van der Waals surface area (Å²) < 4.78 is 0. The highest BCUT2D eigenvalue weighted by atomic mass is 14.2. The van der Waals surface area contributed by atoms with Gasteiger partial charge in [-0.1, -0.05) is 152 Å². The van der Waals surface area contributed by atoms with Crippen molar-refractivity contribution in [2.75, 3.05) is 0 Å². The molecule has 0 radical (unpaired) electrons. The van der Waals surface area contributed by atoms with Gasteiger partial charge in [0, 0.05) is 0 Å². The topological polar surface area (TPSA) is 0 Å². The van der Waals surface area contributed by atoms with Crippen LogP contribution >= 0.6 is 0 Å². The first kappa shape index (κ1) is 23.3. The summed E-state index contributed by atoms with van der Waals surface area (Å²) in [5.74, 6) is 0. The summed E-state index contributed by atoms with van der Waals surface area (Å²) >= 11 is 0. The molecule has 9 rings (SSSR count). The summed E-state index contributed by atoms with van der Waals surface area (Å²) in [7, 11) is 0. The zero-order chi connectivity index (χ0) is 27.6. The second-order valence-electron chi connectivity index (χ2n) is 11.3. The van der Waals surface area contributed by atoms with Gasteiger partial charge in [0.1, 0.15) is 0 Å². The molecule has 0 aliphatic heterocycles. The summed E-state index contributed by atoms with van der Waals surface area (Å²) in [5.41, 5.74) is 7.60. The average molecular weight is 531 g/mol. The first-order valence-corrected chi connectivity index (χ1v) is 14.6. The summed E-state index contributed by atoms with van der Waals surface area (Å²) in [6.45, 7) is 0. The van der Waals surface area contributed by atoms with Gasteiger partial charge >= 0.3 is 0 Å². The summed E-state index contributed by atoms with van der Waals surface area (Å²) in [6.07, 6.45) is 0. The van der Waals surface area contributed by atoms with Gasteiger partial charge < -0.3 is 0 Å². The lowest BCUT2D eigenvalue weighted by Crippen LogP contribution is -1.93. The van der Waals surface area contributed by atoms with Gasteiger partial charge in [-0.15, -0.1) is 0 Å². The standard InChI is InChI=1S/C42H26/c1-2-10-27(11-3-1)31-14-9-15-32(26-31)40-33-16-4-6-18-35(33)42(36-19-7-5-17-34(36)40)38-25-23-30-21-20-28-12-8-13-29-22-24-37(38)41(30)39(28)29/h1-26H. The van der Waals surface area contributed by atoms with Crippen LogP contribution < -0.4 is 0 Å². The SMILES string of the molecule is c1ccc(-c2cccc(-c3c4ccccc4c(-c4ccc5ccc6cccc7ccc4c5c67)c4ccccc34)c2)cc1. The van der Waals surface area contributed by atoms with E-state index < -0.39 is 0 Å². The molecule has 194 valence electrons. The first-order valence-electron chi connectivity index (χ1n) is 14.6. The monoisotopic (exact) mass is 530 g/mol. The highest BCUT2D eigenvalue weighted by molar-refractivity contribution is 6.29. The van der Waals surface area contributed by atoms with E-state index in [0.29, 0.717) is 0 Å². The van der Waals surface area contributed by atoms with Crippen molar-refractivity contribution >= 4 is 53.9 Å². The normalized spacial score (nSPS) is 11.8. The summed E-state index contributed by atoms with van der Waals surface area (Å²) in [5, 5.41) is 13.0. The van der Waals surface area contributed by atoms with Gasteiger partial charge in [-0.3, -0.25) is 0 Å². The van der Waals surface area contributed by atoms with Crippen LogP contribution in [0.15, 0.2) is 158 Å². The van der Waals surface area contributed by atoms with Gasteiger partial charge in [-0.25, -0.2) is 0 Å². The second kappa shape index (κ2) is 9.03. The fourth-order valence-electron chi connectivity index (χ4n) is 7.17. The summed E-state index contributed by atoms with van der Waals surface area (Å²) in [6, 6.07) is 58.0. The maximum atomic E-state index is 2.35. The van der Waals surface area contributed by atoms with Crippen molar-refractivity contribution in [3.05, 3.63) is 158 Å². The minimum atomic E-state index is 1.23. The average Bonchev–Trinajstić information content (AvgIpc) is 3.06. The Bertz CT molecular complexity index is 2370. The Morgan fingerprint density at radius 3 is 1.45 bits per heavy atom. The second-order valence-corrected chi connectivity index (χ2v) is 11.3. The molecular weight excluding hydrogens is 504 g/mol. The number of hydrogen-bond acceptors (Lipinski definition) is 0. The molecular formula is C42H26. The van der Waals surface area contributed by atoms with Gasteiger partial charge in [-0.2, -0.15) is 0 Å². The molecule has 0 atom stereocenters. The third-order valence-corrected chi connectivity index (χ3v) is 8.99. The predicted octanol–water partition coefficient (Wildman–Crippen LogP) is 11.9. The minimum Gasteiger partial charge on any atom is -0.0622 e. The van der Waals surface area contributed by atoms with Crippen LogP contribution in [0.25, 0.3) is 87.2 Å². The van der Waals surface area contributed by atoms with Crippen molar-refractivity contribution in [3.8, 4) is 33.4 Å². The van der Waals surface area contributed by atoms with Crippen molar-refractivity contribution in [1.29, 1.82) is 0 Å². The van der Waals surface area contributed by atoms with Crippen molar-refractivity contribution in [2.45, 2.75) is 0 Å². The molecule has 0 nitrogen and oxygen atoms in total. The van der Waals surface area contributed by atoms with Crippen LogP contribution in [-0.2, 0) is 0 Å². The van der Waals surface area contributed by atoms with E-state index in [1.165, 1.54) is 87.2 Å². The number of rotatable bonds is 3. The Morgan fingerprint density at radius 1 is 0.262 bits per heavy atom. The molecule has 0 saturated heterocycles. The Balaban J connectivity index is 1.40. The van der Waals surface area contributed by atoms with Crippen LogP contribution in [0.2, 0.25) is 0 Å². The number of benzene rings is 9. The zero-order valence-corrected chi connectivity index (χ0v) is 23.0. The molecule has 0 aromatic heterocycles. The molecule has 0 spiro atoms. The van der Waals surface area contributed by atoms with Crippen LogP contribution in [0.1, 0.15) is 0 Å². The quantitative estimate of drug-likeness (QED) is 0.157. The molecule has 0 aliphatic carbocycles. The zero-order valence-electron chi connectivity index (χ0n) is 23.0. The predicted molar refractivity (Wildman–Crippen MR) is 181 cm³/mol. The van der Waals surface area contributed by atoms with Crippen LogP contribution in [0.5, 0.6) is 0 Å². The van der Waals surface area contributed by atoms with Crippen LogP contribution in [0.4, 0.5) is 0 Å². The Labute approximate surface area is 244 Å². The number of hydrogen-bond donors (Lipinski definition) is 0. The maximum Gasteiger partial charge on any atom is -0.00201 e. The molecule has 0 saturated carbocycles. The molecule has 0 fully saturated rings. The molecule has 0 unspecified atom stereocenters. The van der Waals surface area contributed by atoms with Crippen LogP contribution in [-0.4, -0.2) is 0 Å².